The van der Waals surface area contributed by atoms with E-state index in [1.54, 1.807) is 66.7 Å². The highest BCUT2D eigenvalue weighted by Crippen LogP contribution is 2.64. The first-order valence-electron chi connectivity index (χ1n) is 17.5. The van der Waals surface area contributed by atoms with Gasteiger partial charge in [-0.25, -0.2) is 0 Å². The Morgan fingerprint density at radius 3 is 2.17 bits per heavy atom. The van der Waals surface area contributed by atoms with Crippen LogP contribution in [0.2, 0.25) is 0 Å². The third-order valence-electron chi connectivity index (χ3n) is 11.5. The molecule has 0 spiro atoms. The molecule has 54 heavy (non-hydrogen) atoms. The lowest BCUT2D eigenvalue weighted by molar-refractivity contribution is -0.274. The molecule has 2 fully saturated rings. The maximum absolute atomic E-state index is 15.1. The third-order valence-corrected chi connectivity index (χ3v) is 11.5. The largest absolute Gasteiger partial charge is 0.573 e. The summed E-state index contributed by atoms with van der Waals surface area (Å²) in [6.45, 7) is 1.40. The molecule has 4 aliphatic rings. The number of hydrogen-bond acceptors (Lipinski definition) is 7. The predicted octanol–water partition coefficient (Wildman–Crippen LogP) is 7.52. The molecule has 4 aromatic carbocycles. The first-order valence-corrected chi connectivity index (χ1v) is 17.5. The van der Waals surface area contributed by atoms with Crippen molar-refractivity contribution in [3.63, 3.8) is 0 Å². The number of Topliss-reactive ketones (excluding diaryl/α,β-unsaturated/α-hetero) is 2. The monoisotopic (exact) mass is 731 g/mol. The third kappa shape index (κ3) is 5.40. The number of ether oxygens (including phenoxy) is 1. The summed E-state index contributed by atoms with van der Waals surface area (Å²) >= 11 is 0. The van der Waals surface area contributed by atoms with Gasteiger partial charge in [0.1, 0.15) is 11.5 Å². The molecular weight excluding hydrogens is 699 g/mol. The van der Waals surface area contributed by atoms with Crippen molar-refractivity contribution in [1.82, 2.24) is 0 Å². The fraction of sp³-hybridized carbons (Fsp3) is 0.233. The molecule has 8 rings (SSSR count). The van der Waals surface area contributed by atoms with Crippen molar-refractivity contribution in [3.05, 3.63) is 143 Å². The average Bonchev–Trinajstić information content (AvgIpc) is 3.42. The van der Waals surface area contributed by atoms with Crippen LogP contribution in [0.3, 0.4) is 0 Å². The number of amides is 2. The molecular formula is C43H32F3NO7. The fourth-order valence-electron chi connectivity index (χ4n) is 9.28. The van der Waals surface area contributed by atoms with Crippen molar-refractivity contribution in [3.8, 4) is 11.5 Å². The number of imide groups is 1. The van der Waals surface area contributed by atoms with E-state index in [0.29, 0.717) is 22.3 Å². The number of phenolic OH excluding ortho intramolecular Hbond substituents is 1. The lowest BCUT2D eigenvalue weighted by Crippen LogP contribution is -2.58. The molecule has 3 aliphatic carbocycles. The SMILES string of the molecule is CC(=O)c1ccc(N2C(=O)C3CC=C4C(CC5C(=O)C(c6ccccc6)=CC(=O)C5(c5ccccc5)C4c4cc(OC(F)(F)F)ccc4O)C3C2=O)cc1. The van der Waals surface area contributed by atoms with Crippen molar-refractivity contribution >= 4 is 40.4 Å². The van der Waals surface area contributed by atoms with E-state index in [2.05, 4.69) is 4.74 Å². The van der Waals surface area contributed by atoms with Crippen molar-refractivity contribution in [1.29, 1.82) is 0 Å². The minimum absolute atomic E-state index is 0.0389. The summed E-state index contributed by atoms with van der Waals surface area (Å²) in [5.74, 6) is -8.26. The van der Waals surface area contributed by atoms with Crippen molar-refractivity contribution in [2.24, 2.45) is 23.7 Å². The van der Waals surface area contributed by atoms with E-state index in [9.17, 15) is 32.7 Å². The maximum atomic E-state index is 15.1. The number of rotatable bonds is 6. The Hall–Kier alpha value is -6.10. The van der Waals surface area contributed by atoms with Gasteiger partial charge in [-0.1, -0.05) is 72.3 Å². The lowest BCUT2D eigenvalue weighted by atomic mass is 9.44. The number of alkyl halides is 3. The summed E-state index contributed by atoms with van der Waals surface area (Å²) in [5.41, 5.74) is 0.312. The number of fused-ring (bicyclic) bond motifs is 4. The molecule has 1 saturated carbocycles. The zero-order valence-corrected chi connectivity index (χ0v) is 28.7. The van der Waals surface area contributed by atoms with Gasteiger partial charge >= 0.3 is 6.36 Å². The van der Waals surface area contributed by atoms with Crippen LogP contribution in [0, 0.1) is 23.7 Å². The Morgan fingerprint density at radius 1 is 0.852 bits per heavy atom. The van der Waals surface area contributed by atoms with Gasteiger partial charge in [-0.2, -0.15) is 0 Å². The van der Waals surface area contributed by atoms with Gasteiger partial charge in [-0.3, -0.25) is 28.9 Å². The number of ketones is 3. The number of benzene rings is 4. The summed E-state index contributed by atoms with van der Waals surface area (Å²) in [5, 5.41) is 11.5. The minimum atomic E-state index is -5.08. The fourth-order valence-corrected chi connectivity index (χ4v) is 9.28. The predicted molar refractivity (Wildman–Crippen MR) is 190 cm³/mol. The van der Waals surface area contributed by atoms with Crippen molar-refractivity contribution in [2.45, 2.75) is 37.5 Å². The number of aromatic hydroxyl groups is 1. The Kier molecular flexibility index (Phi) is 8.28. The molecule has 272 valence electrons. The number of carbonyl (C=O) groups excluding carboxylic acids is 5. The van der Waals surface area contributed by atoms with Gasteiger partial charge in [0.2, 0.25) is 11.8 Å². The number of halogens is 3. The second kappa shape index (κ2) is 12.8. The molecule has 2 amide bonds. The van der Waals surface area contributed by atoms with Gasteiger partial charge < -0.3 is 9.84 Å². The van der Waals surface area contributed by atoms with Crippen LogP contribution < -0.4 is 9.64 Å². The summed E-state index contributed by atoms with van der Waals surface area (Å²) in [6, 6.07) is 26.3. The van der Waals surface area contributed by atoms with Gasteiger partial charge in [0, 0.05) is 28.5 Å². The molecule has 6 unspecified atom stereocenters. The Labute approximate surface area is 307 Å². The van der Waals surface area contributed by atoms with E-state index in [0.717, 1.165) is 23.1 Å². The molecule has 1 aliphatic heterocycles. The zero-order valence-electron chi connectivity index (χ0n) is 28.7. The summed E-state index contributed by atoms with van der Waals surface area (Å²) in [7, 11) is 0. The Morgan fingerprint density at radius 2 is 1.52 bits per heavy atom. The molecule has 1 N–H and O–H groups in total. The second-order valence-electron chi connectivity index (χ2n) is 14.2. The Bertz CT molecular complexity index is 2300. The van der Waals surface area contributed by atoms with E-state index in [4.69, 9.17) is 0 Å². The van der Waals surface area contributed by atoms with Gasteiger partial charge in [0.25, 0.3) is 0 Å². The number of nitrogens with zero attached hydrogens (tertiary/aromatic N) is 1. The highest BCUT2D eigenvalue weighted by Gasteiger charge is 2.66. The van der Waals surface area contributed by atoms with E-state index >= 15 is 9.59 Å². The van der Waals surface area contributed by atoms with E-state index in [1.165, 1.54) is 37.3 Å². The zero-order chi connectivity index (χ0) is 38.1. The molecule has 1 saturated heterocycles. The standard InChI is InChI=1S/C43H32F3NO7/c1-23(48)24-12-14-27(15-13-24)47-40(52)30-18-17-29-32(37(30)41(47)53)21-34-39(51)31(25-8-4-2-5-9-25)22-36(50)42(34,26-10-6-3-7-11-26)38(29)33-20-28(16-19-35(33)49)54-43(44,45)46/h2-17,19-20,22,30,32,34,37-38,49H,18,21H2,1H3. The highest BCUT2D eigenvalue weighted by molar-refractivity contribution is 6.32. The van der Waals surface area contributed by atoms with Gasteiger partial charge in [-0.05, 0) is 85.4 Å². The van der Waals surface area contributed by atoms with E-state index < -0.39 is 76.2 Å². The van der Waals surface area contributed by atoms with Crippen LogP contribution >= 0.6 is 0 Å². The highest BCUT2D eigenvalue weighted by atomic mass is 19.4. The second-order valence-corrected chi connectivity index (χ2v) is 14.2. The van der Waals surface area contributed by atoms with Crippen LogP contribution in [0.15, 0.2) is 121 Å². The average molecular weight is 732 g/mol. The number of carbonyl (C=O) groups is 5. The topological polar surface area (TPSA) is 118 Å². The normalized spacial score (nSPS) is 26.4. The molecule has 6 atom stereocenters. The summed E-state index contributed by atoms with van der Waals surface area (Å²) in [4.78, 5) is 71.8. The molecule has 0 bridgehead atoms. The summed E-state index contributed by atoms with van der Waals surface area (Å²) in [6.07, 6.45) is -2.03. The smallest absolute Gasteiger partial charge is 0.508 e. The van der Waals surface area contributed by atoms with Gasteiger partial charge in [-0.15, -0.1) is 13.2 Å². The van der Waals surface area contributed by atoms with Crippen LogP contribution in [0.25, 0.3) is 5.57 Å². The number of phenols is 1. The van der Waals surface area contributed by atoms with Crippen LogP contribution in [0.1, 0.15) is 52.7 Å². The number of anilines is 1. The van der Waals surface area contributed by atoms with Gasteiger partial charge in [0.05, 0.1) is 22.9 Å². The lowest BCUT2D eigenvalue weighted by Gasteiger charge is -2.55. The minimum Gasteiger partial charge on any atom is -0.508 e. The van der Waals surface area contributed by atoms with E-state index in [1.807, 2.05) is 0 Å². The number of hydrogen-bond donors (Lipinski definition) is 1. The maximum Gasteiger partial charge on any atom is 0.573 e. The first kappa shape index (κ1) is 35.0. The van der Waals surface area contributed by atoms with Crippen LogP contribution in [0.4, 0.5) is 18.9 Å². The van der Waals surface area contributed by atoms with Crippen molar-refractivity contribution in [2.75, 3.05) is 4.90 Å². The van der Waals surface area contributed by atoms with Gasteiger partial charge in [0.15, 0.2) is 17.3 Å². The molecule has 0 aromatic heterocycles. The summed E-state index contributed by atoms with van der Waals surface area (Å²) < 4.78 is 45.0. The molecule has 1 heterocycles. The molecule has 8 nitrogen and oxygen atoms in total. The quantitative estimate of drug-likeness (QED) is 0.124. The van der Waals surface area contributed by atoms with E-state index in [-0.39, 0.29) is 35.4 Å². The van der Waals surface area contributed by atoms with Crippen LogP contribution in [-0.4, -0.2) is 40.6 Å². The molecule has 4 aromatic rings. The number of allylic oxidation sites excluding steroid dienone is 4. The van der Waals surface area contributed by atoms with Crippen LogP contribution in [0.5, 0.6) is 11.5 Å². The first-order chi connectivity index (χ1) is 25.8. The Balaban J connectivity index is 1.35. The molecule has 11 heteroatoms. The van der Waals surface area contributed by atoms with Crippen molar-refractivity contribution < 1.29 is 47.0 Å². The van der Waals surface area contributed by atoms with Crippen LogP contribution in [-0.2, 0) is 24.6 Å². The molecule has 0 radical (unpaired) electrons.